The van der Waals surface area contributed by atoms with Gasteiger partial charge in [-0.05, 0) is 43.9 Å². The van der Waals surface area contributed by atoms with Crippen molar-refractivity contribution in [2.24, 2.45) is 16.6 Å². The van der Waals surface area contributed by atoms with Crippen LogP contribution in [0.4, 0.5) is 0 Å². The molecule has 0 aliphatic carbocycles. The summed E-state index contributed by atoms with van der Waals surface area (Å²) in [5.74, 6) is 0.642. The molecule has 1 aromatic rings. The second kappa shape index (κ2) is 5.68. The van der Waals surface area contributed by atoms with Crippen LogP contribution in [0.15, 0.2) is 29.3 Å². The number of aliphatic imine (C=N–C) groups is 1. The van der Waals surface area contributed by atoms with E-state index in [0.29, 0.717) is 23.3 Å². The second-order valence-electron chi connectivity index (χ2n) is 6.24. The Morgan fingerprint density at radius 1 is 1.29 bits per heavy atom. The molecule has 0 spiro atoms. The fourth-order valence-corrected chi connectivity index (χ4v) is 3.04. The van der Waals surface area contributed by atoms with Crippen molar-refractivity contribution in [1.82, 2.24) is 4.90 Å². The molecule has 1 aliphatic heterocycles. The molecule has 1 aromatic carbocycles. The highest BCUT2D eigenvalue weighted by Crippen LogP contribution is 2.33. The number of hydrogen-bond donors (Lipinski definition) is 1. The number of halogens is 1. The van der Waals surface area contributed by atoms with Crippen LogP contribution in [0.25, 0.3) is 0 Å². The molecule has 5 heteroatoms. The Labute approximate surface area is 131 Å². The van der Waals surface area contributed by atoms with Crippen molar-refractivity contribution in [2.75, 3.05) is 0 Å². The summed E-state index contributed by atoms with van der Waals surface area (Å²) in [6, 6.07) is 7.29. The van der Waals surface area contributed by atoms with Crippen molar-refractivity contribution in [3.05, 3.63) is 34.9 Å². The molecule has 1 amide bonds. The summed E-state index contributed by atoms with van der Waals surface area (Å²) >= 11 is 5.91. The molecule has 1 aliphatic rings. The summed E-state index contributed by atoms with van der Waals surface area (Å²) in [5.41, 5.74) is 6.25. The first-order chi connectivity index (χ1) is 9.74. The van der Waals surface area contributed by atoms with Gasteiger partial charge in [-0.1, -0.05) is 37.6 Å². The maximum atomic E-state index is 12.8. The van der Waals surface area contributed by atoms with Crippen LogP contribution in [-0.2, 0) is 4.79 Å². The Bertz CT molecular complexity index is 567. The zero-order valence-corrected chi connectivity index (χ0v) is 13.7. The lowest BCUT2D eigenvalue weighted by Gasteiger charge is -2.28. The summed E-state index contributed by atoms with van der Waals surface area (Å²) in [4.78, 5) is 18.8. The van der Waals surface area contributed by atoms with Crippen LogP contribution < -0.4 is 5.73 Å². The van der Waals surface area contributed by atoms with E-state index in [1.165, 1.54) is 0 Å². The van der Waals surface area contributed by atoms with Gasteiger partial charge in [0, 0.05) is 5.02 Å². The van der Waals surface area contributed by atoms with Gasteiger partial charge in [0.1, 0.15) is 5.54 Å². The molecule has 0 radical (unpaired) electrons. The minimum absolute atomic E-state index is 0.0313. The third kappa shape index (κ3) is 3.05. The van der Waals surface area contributed by atoms with Crippen molar-refractivity contribution >= 4 is 23.5 Å². The molecule has 2 N–H and O–H groups in total. The minimum atomic E-state index is -0.751. The van der Waals surface area contributed by atoms with Crippen LogP contribution in [0.5, 0.6) is 0 Å². The largest absolute Gasteiger partial charge is 0.369 e. The van der Waals surface area contributed by atoms with E-state index in [1.807, 2.05) is 38.1 Å². The molecule has 0 bridgehead atoms. The number of benzene rings is 1. The lowest BCUT2D eigenvalue weighted by molar-refractivity contribution is -0.132. The number of amides is 1. The lowest BCUT2D eigenvalue weighted by atomic mass is 9.90. The van der Waals surface area contributed by atoms with E-state index in [1.54, 1.807) is 4.90 Å². The summed E-state index contributed by atoms with van der Waals surface area (Å²) in [6.45, 7) is 7.96. The summed E-state index contributed by atoms with van der Waals surface area (Å²) in [6.07, 6.45) is 0.691. The molecule has 0 saturated carbocycles. The minimum Gasteiger partial charge on any atom is -0.369 e. The van der Waals surface area contributed by atoms with E-state index in [9.17, 15) is 4.79 Å². The molecule has 21 heavy (non-hydrogen) atoms. The van der Waals surface area contributed by atoms with E-state index >= 15 is 0 Å². The highest BCUT2D eigenvalue weighted by atomic mass is 35.5. The van der Waals surface area contributed by atoms with Crippen molar-refractivity contribution < 1.29 is 4.79 Å². The first-order valence-electron chi connectivity index (χ1n) is 7.19. The van der Waals surface area contributed by atoms with E-state index < -0.39 is 5.54 Å². The average Bonchev–Trinajstić information content (AvgIpc) is 2.59. The molecule has 1 heterocycles. The van der Waals surface area contributed by atoms with Gasteiger partial charge in [-0.15, -0.1) is 0 Å². The van der Waals surface area contributed by atoms with Crippen LogP contribution >= 0.6 is 11.6 Å². The van der Waals surface area contributed by atoms with Gasteiger partial charge in [0.15, 0.2) is 5.96 Å². The number of carbonyl (C=O) groups is 1. The first-order valence-corrected chi connectivity index (χ1v) is 7.57. The van der Waals surface area contributed by atoms with Crippen LogP contribution in [0.2, 0.25) is 5.02 Å². The van der Waals surface area contributed by atoms with Gasteiger partial charge < -0.3 is 5.73 Å². The maximum Gasteiger partial charge on any atom is 0.257 e. The van der Waals surface area contributed by atoms with Crippen LogP contribution in [-0.4, -0.2) is 22.3 Å². The van der Waals surface area contributed by atoms with Crippen LogP contribution in [0.3, 0.4) is 0 Å². The van der Waals surface area contributed by atoms with Gasteiger partial charge in [0.25, 0.3) is 5.91 Å². The monoisotopic (exact) mass is 307 g/mol. The third-order valence-electron chi connectivity index (χ3n) is 3.83. The fraction of sp³-hybridized carbons (Fsp3) is 0.500. The van der Waals surface area contributed by atoms with Crippen molar-refractivity contribution in [1.29, 1.82) is 0 Å². The number of guanidine groups is 1. The number of nitrogens with two attached hydrogens (primary N) is 1. The predicted octanol–water partition coefficient (Wildman–Crippen LogP) is 3.36. The summed E-state index contributed by atoms with van der Waals surface area (Å²) < 4.78 is 0. The van der Waals surface area contributed by atoms with E-state index in [4.69, 9.17) is 17.3 Å². The zero-order chi connectivity index (χ0) is 15.8. The van der Waals surface area contributed by atoms with Crippen molar-refractivity contribution in [3.63, 3.8) is 0 Å². The molecule has 2 unspecified atom stereocenters. The lowest BCUT2D eigenvalue weighted by Crippen LogP contribution is -2.44. The Morgan fingerprint density at radius 3 is 2.38 bits per heavy atom. The Hall–Kier alpha value is -1.55. The third-order valence-corrected chi connectivity index (χ3v) is 4.09. The predicted molar refractivity (Wildman–Crippen MR) is 86.2 cm³/mol. The maximum absolute atomic E-state index is 12.8. The van der Waals surface area contributed by atoms with Gasteiger partial charge in [-0.25, -0.2) is 4.99 Å². The molecule has 4 nitrogen and oxygen atoms in total. The molecule has 0 fully saturated rings. The molecule has 2 rings (SSSR count). The molecule has 0 saturated heterocycles. The normalized spacial score (nSPS) is 23.6. The number of carbonyl (C=O) groups excluding carboxylic acids is 1. The van der Waals surface area contributed by atoms with Crippen molar-refractivity contribution in [3.8, 4) is 0 Å². The Balaban J connectivity index is 2.27. The van der Waals surface area contributed by atoms with E-state index in [2.05, 4.69) is 18.8 Å². The molecule has 2 atom stereocenters. The fourth-order valence-electron chi connectivity index (χ4n) is 2.91. The van der Waals surface area contributed by atoms with Gasteiger partial charge in [-0.3, -0.25) is 9.69 Å². The average molecular weight is 308 g/mol. The van der Waals surface area contributed by atoms with Gasteiger partial charge in [0.05, 0.1) is 6.04 Å². The smallest absolute Gasteiger partial charge is 0.257 e. The highest BCUT2D eigenvalue weighted by molar-refractivity contribution is 6.30. The molecular formula is C16H22ClN3O. The van der Waals surface area contributed by atoms with Gasteiger partial charge in [0.2, 0.25) is 0 Å². The summed E-state index contributed by atoms with van der Waals surface area (Å²) in [5, 5.41) is 0.671. The standard InChI is InChI=1S/C16H22ClN3O/c1-10(2)9-16(4)14(21)20(15(18)19-16)11(3)12-5-7-13(17)8-6-12/h5-8,10-11H,9H2,1-4H3,(H2,18,19). The SMILES string of the molecule is CC(C)CC1(C)N=C(N)N(C(C)c2ccc(Cl)cc2)C1=O. The van der Waals surface area contributed by atoms with Gasteiger partial charge >= 0.3 is 0 Å². The highest BCUT2D eigenvalue weighted by Gasteiger charge is 2.45. The van der Waals surface area contributed by atoms with Gasteiger partial charge in [-0.2, -0.15) is 0 Å². The van der Waals surface area contributed by atoms with Crippen LogP contribution in [0.1, 0.15) is 45.7 Å². The molecule has 0 aromatic heterocycles. The number of rotatable bonds is 4. The van der Waals surface area contributed by atoms with Crippen LogP contribution in [0, 0.1) is 5.92 Å². The Morgan fingerprint density at radius 2 is 1.86 bits per heavy atom. The topological polar surface area (TPSA) is 58.7 Å². The second-order valence-corrected chi connectivity index (χ2v) is 6.68. The first kappa shape index (κ1) is 15.8. The van der Waals surface area contributed by atoms with E-state index in [0.717, 1.165) is 5.56 Å². The molecule has 114 valence electrons. The zero-order valence-electron chi connectivity index (χ0n) is 12.9. The molecular weight excluding hydrogens is 286 g/mol. The van der Waals surface area contributed by atoms with Crippen molar-refractivity contribution in [2.45, 2.75) is 45.7 Å². The number of hydrogen-bond acceptors (Lipinski definition) is 3. The number of nitrogens with zero attached hydrogens (tertiary/aromatic N) is 2. The van der Waals surface area contributed by atoms with E-state index in [-0.39, 0.29) is 11.9 Å². The Kier molecular flexibility index (Phi) is 4.28. The quantitative estimate of drug-likeness (QED) is 0.927. The summed E-state index contributed by atoms with van der Waals surface area (Å²) in [7, 11) is 0.